The summed E-state index contributed by atoms with van der Waals surface area (Å²) in [6.45, 7) is 4.21. The molecule has 142 valence electrons. The lowest BCUT2D eigenvalue weighted by atomic mass is 10.0. The fourth-order valence-corrected chi connectivity index (χ4v) is 4.91. The SMILES string of the molecule is CC(C)CS(=O)(=O)c1ccccc1-c1ccc(C2=NCC(N)=NC2)c(F)c1. The second-order valence-corrected chi connectivity index (χ2v) is 8.94. The molecule has 0 unspecified atom stereocenters. The number of sulfone groups is 1. The molecule has 0 atom stereocenters. The van der Waals surface area contributed by atoms with E-state index >= 15 is 0 Å². The minimum Gasteiger partial charge on any atom is -0.386 e. The average Bonchev–Trinajstić information content (AvgIpc) is 2.61. The molecule has 2 aromatic rings. The third-order valence-corrected chi connectivity index (χ3v) is 6.36. The normalized spacial score (nSPS) is 14.8. The van der Waals surface area contributed by atoms with Gasteiger partial charge in [0.25, 0.3) is 0 Å². The maximum atomic E-state index is 14.7. The second kappa shape index (κ2) is 7.60. The Hall–Kier alpha value is -2.54. The molecule has 0 amide bonds. The van der Waals surface area contributed by atoms with Gasteiger partial charge in [-0.2, -0.15) is 0 Å². The first-order valence-corrected chi connectivity index (χ1v) is 10.4. The van der Waals surface area contributed by atoms with E-state index in [1.807, 2.05) is 13.8 Å². The van der Waals surface area contributed by atoms with Gasteiger partial charge in [0.05, 0.1) is 29.4 Å². The molecule has 7 heteroatoms. The lowest BCUT2D eigenvalue weighted by molar-refractivity contribution is 0.582. The summed E-state index contributed by atoms with van der Waals surface area (Å²) in [6.07, 6.45) is 0. The summed E-state index contributed by atoms with van der Waals surface area (Å²) in [7, 11) is -3.47. The van der Waals surface area contributed by atoms with Crippen LogP contribution in [0.3, 0.4) is 0 Å². The van der Waals surface area contributed by atoms with E-state index < -0.39 is 15.7 Å². The van der Waals surface area contributed by atoms with E-state index in [2.05, 4.69) is 9.98 Å². The minimum absolute atomic E-state index is 0.000489. The van der Waals surface area contributed by atoms with Crippen LogP contribution in [0.5, 0.6) is 0 Å². The van der Waals surface area contributed by atoms with Gasteiger partial charge in [0.2, 0.25) is 0 Å². The molecule has 1 aliphatic heterocycles. The Morgan fingerprint density at radius 2 is 1.81 bits per heavy atom. The van der Waals surface area contributed by atoms with Gasteiger partial charge in [0.1, 0.15) is 11.7 Å². The van der Waals surface area contributed by atoms with Crippen LogP contribution in [0.15, 0.2) is 57.3 Å². The molecule has 27 heavy (non-hydrogen) atoms. The summed E-state index contributed by atoms with van der Waals surface area (Å²) in [4.78, 5) is 8.58. The number of hydrogen-bond donors (Lipinski definition) is 1. The second-order valence-electron chi connectivity index (χ2n) is 6.94. The first-order chi connectivity index (χ1) is 12.8. The zero-order valence-corrected chi connectivity index (χ0v) is 16.1. The van der Waals surface area contributed by atoms with Crippen molar-refractivity contribution in [1.29, 1.82) is 0 Å². The summed E-state index contributed by atoms with van der Waals surface area (Å²) in [6, 6.07) is 11.4. The number of aliphatic imine (C=N–C) groups is 2. The van der Waals surface area contributed by atoms with Crippen LogP contribution in [-0.4, -0.2) is 38.8 Å². The molecule has 0 saturated carbocycles. The van der Waals surface area contributed by atoms with Gasteiger partial charge in [-0.15, -0.1) is 0 Å². The summed E-state index contributed by atoms with van der Waals surface area (Å²) in [5.41, 5.74) is 7.50. The first-order valence-electron chi connectivity index (χ1n) is 8.72. The highest BCUT2D eigenvalue weighted by atomic mass is 32.2. The van der Waals surface area contributed by atoms with E-state index in [0.29, 0.717) is 28.2 Å². The van der Waals surface area contributed by atoms with Crippen molar-refractivity contribution in [2.24, 2.45) is 21.6 Å². The third kappa shape index (κ3) is 4.24. The van der Waals surface area contributed by atoms with Crippen molar-refractivity contribution >= 4 is 21.4 Å². The fraction of sp³-hybridized carbons (Fsp3) is 0.300. The zero-order valence-electron chi connectivity index (χ0n) is 15.3. The highest BCUT2D eigenvalue weighted by molar-refractivity contribution is 7.91. The monoisotopic (exact) mass is 387 g/mol. The predicted octanol–water partition coefficient (Wildman–Crippen LogP) is 3.08. The molecule has 5 nitrogen and oxygen atoms in total. The van der Waals surface area contributed by atoms with Gasteiger partial charge >= 0.3 is 0 Å². The van der Waals surface area contributed by atoms with Crippen LogP contribution in [-0.2, 0) is 9.84 Å². The molecule has 2 N–H and O–H groups in total. The van der Waals surface area contributed by atoms with Crippen LogP contribution in [0, 0.1) is 11.7 Å². The van der Waals surface area contributed by atoms with Crippen LogP contribution in [0.1, 0.15) is 19.4 Å². The van der Waals surface area contributed by atoms with E-state index in [-0.39, 0.29) is 29.7 Å². The van der Waals surface area contributed by atoms with Crippen molar-refractivity contribution in [3.63, 3.8) is 0 Å². The van der Waals surface area contributed by atoms with E-state index in [4.69, 9.17) is 5.73 Å². The van der Waals surface area contributed by atoms with Crippen LogP contribution < -0.4 is 5.73 Å². The smallest absolute Gasteiger partial charge is 0.179 e. The number of nitrogens with two attached hydrogens (primary N) is 1. The van der Waals surface area contributed by atoms with Gasteiger partial charge in [-0.1, -0.05) is 38.1 Å². The summed E-state index contributed by atoms with van der Waals surface area (Å²) in [5, 5.41) is 0. The van der Waals surface area contributed by atoms with Gasteiger partial charge in [-0.25, -0.2) is 12.8 Å². The number of amidine groups is 1. The van der Waals surface area contributed by atoms with Gasteiger partial charge in [0.15, 0.2) is 9.84 Å². The van der Waals surface area contributed by atoms with Crippen LogP contribution in [0.4, 0.5) is 4.39 Å². The number of rotatable bonds is 5. The van der Waals surface area contributed by atoms with Gasteiger partial charge < -0.3 is 5.73 Å². The Morgan fingerprint density at radius 3 is 2.44 bits per heavy atom. The molecule has 3 rings (SSSR count). The highest BCUT2D eigenvalue weighted by Gasteiger charge is 2.21. The molecule has 1 aliphatic rings. The van der Waals surface area contributed by atoms with Crippen molar-refractivity contribution in [3.8, 4) is 11.1 Å². The molecule has 0 saturated heterocycles. The molecule has 0 fully saturated rings. The molecular formula is C20H22FN3O2S. The molecular weight excluding hydrogens is 365 g/mol. The van der Waals surface area contributed by atoms with Crippen molar-refractivity contribution in [3.05, 3.63) is 53.8 Å². The highest BCUT2D eigenvalue weighted by Crippen LogP contribution is 2.30. The fourth-order valence-electron chi connectivity index (χ4n) is 3.04. The molecule has 2 aromatic carbocycles. The molecule has 0 radical (unpaired) electrons. The Balaban J connectivity index is 2.01. The Labute approximate surface area is 158 Å². The topological polar surface area (TPSA) is 84.9 Å². The number of nitrogens with zero attached hydrogens (tertiary/aromatic N) is 2. The third-order valence-electron chi connectivity index (χ3n) is 4.23. The Kier molecular flexibility index (Phi) is 5.41. The quantitative estimate of drug-likeness (QED) is 0.855. The number of benzene rings is 2. The van der Waals surface area contributed by atoms with Crippen LogP contribution in [0.25, 0.3) is 11.1 Å². The molecule has 0 aromatic heterocycles. The van der Waals surface area contributed by atoms with Crippen LogP contribution >= 0.6 is 0 Å². The van der Waals surface area contributed by atoms with E-state index in [9.17, 15) is 12.8 Å². The van der Waals surface area contributed by atoms with Crippen LogP contribution in [0.2, 0.25) is 0 Å². The predicted molar refractivity (Wildman–Crippen MR) is 107 cm³/mol. The van der Waals surface area contributed by atoms with E-state index in [1.54, 1.807) is 36.4 Å². The van der Waals surface area contributed by atoms with Gasteiger partial charge in [0, 0.05) is 11.1 Å². The largest absolute Gasteiger partial charge is 0.386 e. The Bertz CT molecular complexity index is 1030. The van der Waals surface area contributed by atoms with Crippen molar-refractivity contribution in [2.75, 3.05) is 18.8 Å². The average molecular weight is 387 g/mol. The summed E-state index contributed by atoms with van der Waals surface area (Å²) < 4.78 is 40.2. The number of halogens is 1. The standard InChI is InChI=1S/C20H22FN3O2S/c1-13(2)12-27(25,26)19-6-4-3-5-15(19)14-7-8-16(17(21)9-14)18-10-24-20(22)11-23-18/h3-9,13H,10-12H2,1-2H3,(H2,22,24). The van der Waals surface area contributed by atoms with Gasteiger partial charge in [-0.05, 0) is 29.7 Å². The molecule has 0 aliphatic carbocycles. The zero-order chi connectivity index (χ0) is 19.6. The molecule has 0 bridgehead atoms. The lowest BCUT2D eigenvalue weighted by Gasteiger charge is -2.14. The van der Waals surface area contributed by atoms with Gasteiger partial charge in [-0.3, -0.25) is 9.98 Å². The Morgan fingerprint density at radius 1 is 1.07 bits per heavy atom. The maximum absolute atomic E-state index is 14.7. The summed E-state index contributed by atoms with van der Waals surface area (Å²) in [5.74, 6) is 0.0124. The molecule has 0 spiro atoms. The maximum Gasteiger partial charge on any atom is 0.179 e. The van der Waals surface area contributed by atoms with Crippen molar-refractivity contribution in [2.45, 2.75) is 18.7 Å². The first kappa shape index (κ1) is 19.2. The lowest BCUT2D eigenvalue weighted by Crippen LogP contribution is -2.24. The van der Waals surface area contributed by atoms with Crippen molar-refractivity contribution < 1.29 is 12.8 Å². The molecule has 1 heterocycles. The summed E-state index contributed by atoms with van der Waals surface area (Å²) >= 11 is 0. The number of hydrogen-bond acceptors (Lipinski definition) is 5. The van der Waals surface area contributed by atoms with Crippen molar-refractivity contribution in [1.82, 2.24) is 0 Å². The van der Waals surface area contributed by atoms with E-state index in [1.165, 1.54) is 6.07 Å². The minimum atomic E-state index is -3.47. The van der Waals surface area contributed by atoms with E-state index in [0.717, 1.165) is 0 Å².